The van der Waals surface area contributed by atoms with Crippen LogP contribution in [0.1, 0.15) is 32.3 Å². The molecule has 90 valence electrons. The Balaban J connectivity index is 2.36. The molecule has 1 aliphatic rings. The van der Waals surface area contributed by atoms with E-state index in [-0.39, 0.29) is 0 Å². The Kier molecular flexibility index (Phi) is 3.59. The lowest BCUT2D eigenvalue weighted by Crippen LogP contribution is -2.30. The zero-order chi connectivity index (χ0) is 12.4. The highest BCUT2D eigenvalue weighted by Gasteiger charge is 2.31. The molecule has 17 heavy (non-hydrogen) atoms. The summed E-state index contributed by atoms with van der Waals surface area (Å²) in [6.07, 6.45) is 2.45. The molecule has 0 aliphatic heterocycles. The average Bonchev–Trinajstić information content (AvgIpc) is 3.09. The maximum Gasteiger partial charge on any atom is 0.103 e. The van der Waals surface area contributed by atoms with Crippen LogP contribution in [-0.4, -0.2) is 12.6 Å². The fourth-order valence-corrected chi connectivity index (χ4v) is 2.30. The number of nitriles is 1. The molecule has 0 bridgehead atoms. The van der Waals surface area contributed by atoms with Crippen molar-refractivity contribution in [3.8, 4) is 6.07 Å². The number of rotatable bonds is 4. The van der Waals surface area contributed by atoms with Crippen molar-refractivity contribution in [3.05, 3.63) is 28.8 Å². The van der Waals surface area contributed by atoms with E-state index >= 15 is 0 Å². The highest BCUT2D eigenvalue weighted by Crippen LogP contribution is 2.36. The van der Waals surface area contributed by atoms with E-state index in [0.29, 0.717) is 22.5 Å². The third-order valence-electron chi connectivity index (χ3n) is 2.96. The van der Waals surface area contributed by atoms with Crippen molar-refractivity contribution in [1.82, 2.24) is 0 Å². The molecule has 1 aliphatic carbocycles. The predicted molar refractivity (Wildman–Crippen MR) is 71.4 cm³/mol. The monoisotopic (exact) mass is 248 g/mol. The van der Waals surface area contributed by atoms with Gasteiger partial charge in [-0.1, -0.05) is 31.5 Å². The Morgan fingerprint density at radius 2 is 2.18 bits per heavy atom. The van der Waals surface area contributed by atoms with Crippen molar-refractivity contribution in [3.63, 3.8) is 0 Å². The maximum absolute atomic E-state index is 9.22. The summed E-state index contributed by atoms with van der Waals surface area (Å²) in [5.74, 6) is 0.584. The highest BCUT2D eigenvalue weighted by molar-refractivity contribution is 6.32. The molecule has 1 saturated carbocycles. The van der Waals surface area contributed by atoms with E-state index < -0.39 is 0 Å². The summed E-state index contributed by atoms with van der Waals surface area (Å²) in [7, 11) is 0. The fourth-order valence-electron chi connectivity index (χ4n) is 2.09. The first kappa shape index (κ1) is 12.3. The Labute approximate surface area is 108 Å². The van der Waals surface area contributed by atoms with Crippen LogP contribution >= 0.6 is 11.6 Å². The smallest absolute Gasteiger partial charge is 0.103 e. The van der Waals surface area contributed by atoms with Crippen molar-refractivity contribution >= 4 is 17.3 Å². The summed E-state index contributed by atoms with van der Waals surface area (Å²) in [6.45, 7) is 5.39. The molecule has 1 aromatic carbocycles. The van der Waals surface area contributed by atoms with Crippen molar-refractivity contribution in [2.24, 2.45) is 5.92 Å². The van der Waals surface area contributed by atoms with Crippen LogP contribution in [0.5, 0.6) is 0 Å². The van der Waals surface area contributed by atoms with Crippen LogP contribution in [0, 0.1) is 17.2 Å². The second kappa shape index (κ2) is 4.98. The topological polar surface area (TPSA) is 27.0 Å². The van der Waals surface area contributed by atoms with Gasteiger partial charge in [0.2, 0.25) is 0 Å². The number of benzene rings is 1. The lowest BCUT2D eigenvalue weighted by atomic mass is 10.1. The largest absolute Gasteiger partial charge is 0.367 e. The third kappa shape index (κ3) is 2.73. The van der Waals surface area contributed by atoms with Crippen LogP contribution in [0.2, 0.25) is 5.02 Å². The molecule has 0 atom stereocenters. The minimum Gasteiger partial charge on any atom is -0.367 e. The molecule has 0 unspecified atom stereocenters. The average molecular weight is 249 g/mol. The standard InChI is InChI=1S/C14H17ClN2/c1-10(2)9-17(11-6-7-11)14-5-3-4-13(15)12(14)8-16/h3-5,10-11H,6-7,9H2,1-2H3. The van der Waals surface area contributed by atoms with E-state index in [2.05, 4.69) is 24.8 Å². The van der Waals surface area contributed by atoms with Gasteiger partial charge in [0, 0.05) is 12.6 Å². The van der Waals surface area contributed by atoms with E-state index in [4.69, 9.17) is 11.6 Å². The van der Waals surface area contributed by atoms with Gasteiger partial charge in [-0.3, -0.25) is 0 Å². The van der Waals surface area contributed by atoms with E-state index in [9.17, 15) is 5.26 Å². The highest BCUT2D eigenvalue weighted by atomic mass is 35.5. The second-order valence-corrected chi connectivity index (χ2v) is 5.43. The zero-order valence-electron chi connectivity index (χ0n) is 10.3. The number of anilines is 1. The Morgan fingerprint density at radius 3 is 2.71 bits per heavy atom. The number of hydrogen-bond acceptors (Lipinski definition) is 2. The molecule has 0 radical (unpaired) electrons. The normalized spacial score (nSPS) is 14.8. The van der Waals surface area contributed by atoms with Gasteiger partial charge >= 0.3 is 0 Å². The first-order valence-electron chi connectivity index (χ1n) is 6.08. The first-order chi connectivity index (χ1) is 8.13. The van der Waals surface area contributed by atoms with Crippen molar-refractivity contribution < 1.29 is 0 Å². The fraction of sp³-hybridized carbons (Fsp3) is 0.500. The summed E-state index contributed by atoms with van der Waals surface area (Å²) in [4.78, 5) is 2.34. The quantitative estimate of drug-likeness (QED) is 0.810. The first-order valence-corrected chi connectivity index (χ1v) is 6.46. The van der Waals surface area contributed by atoms with Gasteiger partial charge in [-0.05, 0) is 30.9 Å². The summed E-state index contributed by atoms with van der Waals surface area (Å²) in [5.41, 5.74) is 1.61. The van der Waals surface area contributed by atoms with Crippen LogP contribution in [0.3, 0.4) is 0 Å². The molecular formula is C14H17ClN2. The van der Waals surface area contributed by atoms with Gasteiger partial charge in [0.1, 0.15) is 6.07 Å². The third-order valence-corrected chi connectivity index (χ3v) is 3.28. The molecule has 0 heterocycles. The van der Waals surface area contributed by atoms with Crippen LogP contribution in [0.4, 0.5) is 5.69 Å². The van der Waals surface area contributed by atoms with Crippen LogP contribution < -0.4 is 4.90 Å². The molecule has 0 spiro atoms. The number of nitrogens with zero attached hydrogens (tertiary/aromatic N) is 2. The summed E-state index contributed by atoms with van der Waals surface area (Å²) in [6, 6.07) is 8.54. The van der Waals surface area contributed by atoms with Crippen LogP contribution in [0.15, 0.2) is 18.2 Å². The Morgan fingerprint density at radius 1 is 1.47 bits per heavy atom. The number of hydrogen-bond donors (Lipinski definition) is 0. The van der Waals surface area contributed by atoms with Gasteiger partial charge in [-0.15, -0.1) is 0 Å². The van der Waals surface area contributed by atoms with Crippen molar-refractivity contribution in [1.29, 1.82) is 5.26 Å². The molecule has 0 saturated heterocycles. The minimum atomic E-state index is 0.555. The minimum absolute atomic E-state index is 0.555. The van der Waals surface area contributed by atoms with E-state index in [0.717, 1.165) is 12.2 Å². The van der Waals surface area contributed by atoms with E-state index in [1.54, 1.807) is 6.07 Å². The van der Waals surface area contributed by atoms with Crippen LogP contribution in [0.25, 0.3) is 0 Å². The van der Waals surface area contributed by atoms with E-state index in [1.807, 2.05) is 12.1 Å². The molecule has 0 N–H and O–H groups in total. The molecule has 0 aromatic heterocycles. The molecule has 0 amide bonds. The Hall–Kier alpha value is -1.20. The number of halogens is 1. The van der Waals surface area contributed by atoms with Gasteiger partial charge in [-0.25, -0.2) is 0 Å². The van der Waals surface area contributed by atoms with E-state index in [1.165, 1.54) is 12.8 Å². The zero-order valence-corrected chi connectivity index (χ0v) is 11.0. The summed E-state index contributed by atoms with van der Waals surface area (Å²) in [5, 5.41) is 9.78. The molecule has 2 nitrogen and oxygen atoms in total. The van der Waals surface area contributed by atoms with Crippen molar-refractivity contribution in [2.75, 3.05) is 11.4 Å². The summed E-state index contributed by atoms with van der Waals surface area (Å²) < 4.78 is 0. The SMILES string of the molecule is CC(C)CN(c1cccc(Cl)c1C#N)C1CC1. The van der Waals surface area contributed by atoms with Gasteiger partial charge in [0.25, 0.3) is 0 Å². The van der Waals surface area contributed by atoms with Gasteiger partial charge in [-0.2, -0.15) is 5.26 Å². The Bertz CT molecular complexity index is 444. The van der Waals surface area contributed by atoms with Crippen LogP contribution in [-0.2, 0) is 0 Å². The molecular weight excluding hydrogens is 232 g/mol. The predicted octanol–water partition coefficient (Wildman–Crippen LogP) is 3.84. The van der Waals surface area contributed by atoms with Gasteiger partial charge in [0.15, 0.2) is 0 Å². The second-order valence-electron chi connectivity index (χ2n) is 5.02. The molecule has 1 fully saturated rings. The van der Waals surface area contributed by atoms with Gasteiger partial charge < -0.3 is 4.90 Å². The molecule has 3 heteroatoms. The maximum atomic E-state index is 9.22. The van der Waals surface area contributed by atoms with Gasteiger partial charge in [0.05, 0.1) is 16.3 Å². The van der Waals surface area contributed by atoms with Crippen molar-refractivity contribution in [2.45, 2.75) is 32.7 Å². The summed E-state index contributed by atoms with van der Waals surface area (Å²) >= 11 is 6.09. The molecule has 1 aromatic rings. The lowest BCUT2D eigenvalue weighted by molar-refractivity contribution is 0.607. The molecule has 2 rings (SSSR count). The lowest BCUT2D eigenvalue weighted by Gasteiger charge is -2.27.